The molecule has 0 spiro atoms. The number of amides is 2. The van der Waals surface area contributed by atoms with E-state index in [1.807, 2.05) is 61.5 Å². The summed E-state index contributed by atoms with van der Waals surface area (Å²) < 4.78 is 29.1. The molecule has 5 rings (SSSR count). The minimum absolute atomic E-state index is 0.0661. The lowest BCUT2D eigenvalue weighted by molar-refractivity contribution is -0.140. The van der Waals surface area contributed by atoms with Gasteiger partial charge in [-0.1, -0.05) is 109 Å². The van der Waals surface area contributed by atoms with Gasteiger partial charge in [-0.3, -0.25) is 13.9 Å². The molecular weight excluding hydrogens is 570 g/mol. The largest absolute Gasteiger partial charge is 0.352 e. The molecule has 0 saturated heterocycles. The maximum atomic E-state index is 14.5. The van der Waals surface area contributed by atoms with Gasteiger partial charge in [0.25, 0.3) is 10.0 Å². The Bertz CT molecular complexity index is 1620. The summed E-state index contributed by atoms with van der Waals surface area (Å²) in [6, 6.07) is 33.4. The normalized spacial score (nSPS) is 14.1. The van der Waals surface area contributed by atoms with Crippen LogP contribution in [0, 0.1) is 6.92 Å². The number of aryl methyl sites for hydroxylation is 1. The Morgan fingerprint density at radius 1 is 0.773 bits per heavy atom. The number of para-hydroxylation sites is 1. The average Bonchev–Trinajstić information content (AvgIpc) is 3.56. The zero-order chi connectivity index (χ0) is 30.9. The molecule has 1 atom stereocenters. The van der Waals surface area contributed by atoms with Gasteiger partial charge in [0.1, 0.15) is 12.6 Å². The second kappa shape index (κ2) is 14.4. The molecule has 1 N–H and O–H groups in total. The number of hydrogen-bond acceptors (Lipinski definition) is 4. The number of carbonyl (C=O) groups is 2. The van der Waals surface area contributed by atoms with E-state index in [9.17, 15) is 18.0 Å². The first-order valence-electron chi connectivity index (χ1n) is 15.1. The third kappa shape index (κ3) is 7.74. The van der Waals surface area contributed by atoms with Crippen LogP contribution >= 0.6 is 0 Å². The van der Waals surface area contributed by atoms with E-state index in [2.05, 4.69) is 5.32 Å². The summed E-state index contributed by atoms with van der Waals surface area (Å²) in [7, 11) is -4.10. The first-order valence-corrected chi connectivity index (χ1v) is 16.6. The quantitative estimate of drug-likeness (QED) is 0.217. The molecule has 0 heterocycles. The Labute approximate surface area is 260 Å². The summed E-state index contributed by atoms with van der Waals surface area (Å²) in [6.45, 7) is 1.68. The lowest BCUT2D eigenvalue weighted by Gasteiger charge is -2.34. The number of anilines is 1. The molecule has 0 unspecified atom stereocenters. The summed E-state index contributed by atoms with van der Waals surface area (Å²) >= 11 is 0. The maximum Gasteiger partial charge on any atom is 0.264 e. The van der Waals surface area contributed by atoms with Crippen molar-refractivity contribution in [3.8, 4) is 0 Å². The van der Waals surface area contributed by atoms with Crippen LogP contribution < -0.4 is 9.62 Å². The van der Waals surface area contributed by atoms with Crippen LogP contribution in [0.4, 0.5) is 5.69 Å². The summed E-state index contributed by atoms with van der Waals surface area (Å²) in [4.78, 5) is 30.2. The van der Waals surface area contributed by atoms with Gasteiger partial charge < -0.3 is 10.2 Å². The molecule has 1 aliphatic rings. The van der Waals surface area contributed by atoms with Crippen molar-refractivity contribution in [3.63, 3.8) is 0 Å². The van der Waals surface area contributed by atoms with Gasteiger partial charge in [0.2, 0.25) is 11.8 Å². The number of sulfonamides is 1. The van der Waals surface area contributed by atoms with Crippen LogP contribution in [0.15, 0.2) is 120 Å². The number of benzene rings is 4. The summed E-state index contributed by atoms with van der Waals surface area (Å²) in [5, 5.41) is 3.21. The zero-order valence-electron chi connectivity index (χ0n) is 25.0. The Morgan fingerprint density at radius 3 is 1.95 bits per heavy atom. The number of hydrogen-bond donors (Lipinski definition) is 1. The molecule has 0 bridgehead atoms. The van der Waals surface area contributed by atoms with Crippen LogP contribution in [0.5, 0.6) is 0 Å². The fourth-order valence-corrected chi connectivity index (χ4v) is 7.09. The van der Waals surface area contributed by atoms with E-state index in [1.165, 1.54) is 12.1 Å². The van der Waals surface area contributed by atoms with E-state index in [0.717, 1.165) is 46.7 Å². The molecule has 0 radical (unpaired) electrons. The van der Waals surface area contributed by atoms with Crippen LogP contribution in [0.3, 0.4) is 0 Å². The molecule has 4 aromatic carbocycles. The lowest BCUT2D eigenvalue weighted by atomic mass is 10.0. The minimum Gasteiger partial charge on any atom is -0.352 e. The summed E-state index contributed by atoms with van der Waals surface area (Å²) in [5.74, 6) is -0.685. The van der Waals surface area contributed by atoms with E-state index >= 15 is 0 Å². The molecule has 1 saturated carbocycles. The minimum atomic E-state index is -4.10. The van der Waals surface area contributed by atoms with E-state index in [1.54, 1.807) is 53.4 Å². The lowest BCUT2D eigenvalue weighted by Crippen LogP contribution is -2.54. The molecule has 0 aliphatic heterocycles. The van der Waals surface area contributed by atoms with E-state index in [-0.39, 0.29) is 23.4 Å². The fraction of sp³-hybridized carbons (Fsp3) is 0.278. The fourth-order valence-electron chi connectivity index (χ4n) is 5.65. The van der Waals surface area contributed by atoms with Crippen LogP contribution in [0.25, 0.3) is 0 Å². The molecule has 4 aromatic rings. The number of carbonyl (C=O) groups excluding carboxylic acids is 2. The molecule has 1 aliphatic carbocycles. The molecule has 44 heavy (non-hydrogen) atoms. The Kier molecular flexibility index (Phi) is 10.1. The topological polar surface area (TPSA) is 86.8 Å². The van der Waals surface area contributed by atoms with Crippen molar-refractivity contribution in [2.75, 3.05) is 10.8 Å². The van der Waals surface area contributed by atoms with Crippen molar-refractivity contribution in [2.24, 2.45) is 0 Å². The van der Waals surface area contributed by atoms with Crippen molar-refractivity contribution >= 4 is 27.5 Å². The monoisotopic (exact) mass is 609 g/mol. The van der Waals surface area contributed by atoms with Crippen molar-refractivity contribution in [2.45, 2.75) is 62.6 Å². The Hall–Kier alpha value is -4.43. The van der Waals surface area contributed by atoms with Gasteiger partial charge in [-0.15, -0.1) is 0 Å². The zero-order valence-corrected chi connectivity index (χ0v) is 25.8. The van der Waals surface area contributed by atoms with E-state index in [0.29, 0.717) is 12.1 Å². The molecule has 0 aromatic heterocycles. The van der Waals surface area contributed by atoms with Crippen molar-refractivity contribution in [1.82, 2.24) is 10.2 Å². The van der Waals surface area contributed by atoms with Gasteiger partial charge in [-0.2, -0.15) is 0 Å². The number of rotatable bonds is 12. The molecular formula is C36H39N3O4S. The highest BCUT2D eigenvalue weighted by Gasteiger charge is 2.35. The van der Waals surface area contributed by atoms with Gasteiger partial charge in [0.15, 0.2) is 0 Å². The van der Waals surface area contributed by atoms with Crippen LogP contribution in [-0.4, -0.2) is 43.8 Å². The molecule has 7 nitrogen and oxygen atoms in total. The van der Waals surface area contributed by atoms with Crippen molar-refractivity contribution < 1.29 is 18.0 Å². The number of nitrogens with one attached hydrogen (secondary N) is 1. The van der Waals surface area contributed by atoms with Crippen LogP contribution in [0.2, 0.25) is 0 Å². The predicted molar refractivity (Wildman–Crippen MR) is 173 cm³/mol. The first-order chi connectivity index (χ1) is 21.3. The highest BCUT2D eigenvalue weighted by Crippen LogP contribution is 2.25. The third-order valence-corrected chi connectivity index (χ3v) is 9.89. The SMILES string of the molecule is Cc1ccc(CN(C(=O)CN(c2ccccc2)S(=O)(=O)c2ccccc2)[C@H](Cc2ccccc2)C(=O)NC2CCCC2)cc1. The van der Waals surface area contributed by atoms with Crippen molar-refractivity contribution in [3.05, 3.63) is 132 Å². The van der Waals surface area contributed by atoms with Gasteiger partial charge in [0.05, 0.1) is 10.6 Å². The van der Waals surface area contributed by atoms with Gasteiger partial charge in [-0.25, -0.2) is 8.42 Å². The first kappa shape index (κ1) is 31.0. The maximum absolute atomic E-state index is 14.5. The molecule has 2 amide bonds. The van der Waals surface area contributed by atoms with E-state index in [4.69, 9.17) is 0 Å². The molecule has 228 valence electrons. The van der Waals surface area contributed by atoms with Crippen molar-refractivity contribution in [1.29, 1.82) is 0 Å². The highest BCUT2D eigenvalue weighted by atomic mass is 32.2. The summed E-state index contributed by atoms with van der Waals surface area (Å²) in [6.07, 6.45) is 4.24. The molecule has 8 heteroatoms. The Morgan fingerprint density at radius 2 is 1.34 bits per heavy atom. The second-order valence-corrected chi connectivity index (χ2v) is 13.2. The smallest absolute Gasteiger partial charge is 0.264 e. The second-order valence-electron chi connectivity index (χ2n) is 11.4. The van der Waals surface area contributed by atoms with Gasteiger partial charge >= 0.3 is 0 Å². The molecule has 1 fully saturated rings. The average molecular weight is 610 g/mol. The number of nitrogens with zero attached hydrogens (tertiary/aromatic N) is 2. The Balaban J connectivity index is 1.54. The van der Waals surface area contributed by atoms with Gasteiger partial charge in [-0.05, 0) is 55.2 Å². The standard InChI is InChI=1S/C36H39N3O4S/c1-28-21-23-30(24-22-28)26-38(34(25-29-13-5-2-6-14-29)36(41)37-31-15-11-12-16-31)35(40)27-39(32-17-7-3-8-18-32)44(42,43)33-19-9-4-10-20-33/h2-10,13-14,17-24,31,34H,11-12,15-16,25-27H2,1H3,(H,37,41)/t34-/m1/s1. The highest BCUT2D eigenvalue weighted by molar-refractivity contribution is 7.92. The van der Waals surface area contributed by atoms with Crippen LogP contribution in [-0.2, 0) is 32.6 Å². The summed E-state index contributed by atoms with van der Waals surface area (Å²) in [5.41, 5.74) is 3.22. The predicted octanol–water partition coefficient (Wildman–Crippen LogP) is 5.89. The van der Waals surface area contributed by atoms with Gasteiger partial charge in [0, 0.05) is 19.0 Å². The van der Waals surface area contributed by atoms with E-state index < -0.39 is 28.5 Å². The van der Waals surface area contributed by atoms with Crippen LogP contribution in [0.1, 0.15) is 42.4 Å². The third-order valence-electron chi connectivity index (χ3n) is 8.10.